The smallest absolute Gasteiger partial charge is 0.161 e. The molecule has 0 saturated heterocycles. The van der Waals surface area contributed by atoms with E-state index in [4.69, 9.17) is 5.11 Å². The van der Waals surface area contributed by atoms with Gasteiger partial charge in [0.05, 0.1) is 16.6 Å². The molecule has 0 atom stereocenters. The summed E-state index contributed by atoms with van der Waals surface area (Å²) in [6.45, 7) is 0. The molecule has 2 aromatic carbocycles. The zero-order valence-corrected chi connectivity index (χ0v) is 9.42. The van der Waals surface area contributed by atoms with Crippen LogP contribution in [0, 0.1) is 17.5 Å². The molecule has 1 heterocycles. The van der Waals surface area contributed by atoms with E-state index >= 15 is 0 Å². The number of nitrogens with one attached hydrogen (secondary N) is 1. The van der Waals surface area contributed by atoms with Gasteiger partial charge in [0, 0.05) is 18.2 Å². The van der Waals surface area contributed by atoms with Gasteiger partial charge in [-0.3, -0.25) is 0 Å². The van der Waals surface area contributed by atoms with E-state index in [0.29, 0.717) is 0 Å². The molecule has 3 nitrogen and oxygen atoms in total. The van der Waals surface area contributed by atoms with E-state index in [-0.39, 0.29) is 28.2 Å². The van der Waals surface area contributed by atoms with Crippen molar-refractivity contribution in [3.8, 4) is 17.1 Å². The van der Waals surface area contributed by atoms with E-state index < -0.39 is 17.5 Å². The Hall–Kier alpha value is -2.50. The number of H-pyrrole nitrogens is 1. The van der Waals surface area contributed by atoms with E-state index in [0.717, 1.165) is 18.2 Å². The summed E-state index contributed by atoms with van der Waals surface area (Å²) in [5.74, 6) is -2.78. The maximum atomic E-state index is 13.7. The van der Waals surface area contributed by atoms with Crippen LogP contribution in [0.3, 0.4) is 0 Å². The van der Waals surface area contributed by atoms with Gasteiger partial charge in [-0.1, -0.05) is 0 Å². The van der Waals surface area contributed by atoms with Crippen LogP contribution in [0.1, 0.15) is 0 Å². The van der Waals surface area contributed by atoms with E-state index in [2.05, 4.69) is 9.97 Å². The first-order valence-corrected chi connectivity index (χ1v) is 5.38. The van der Waals surface area contributed by atoms with Crippen LogP contribution < -0.4 is 0 Å². The van der Waals surface area contributed by atoms with Gasteiger partial charge in [-0.2, -0.15) is 0 Å². The fourth-order valence-corrected chi connectivity index (χ4v) is 1.83. The number of rotatable bonds is 1. The fraction of sp³-hybridized carbons (Fsp3) is 0. The molecule has 0 bridgehead atoms. The molecule has 0 fully saturated rings. The predicted octanol–water partition coefficient (Wildman–Crippen LogP) is 3.35. The maximum absolute atomic E-state index is 13.7. The topological polar surface area (TPSA) is 48.9 Å². The van der Waals surface area contributed by atoms with E-state index in [1.165, 1.54) is 12.1 Å². The summed E-state index contributed by atoms with van der Waals surface area (Å²) in [5.41, 5.74) is 0.567. The molecule has 1 aromatic heterocycles. The Morgan fingerprint density at radius 2 is 1.68 bits per heavy atom. The van der Waals surface area contributed by atoms with Crippen molar-refractivity contribution in [2.75, 3.05) is 0 Å². The first-order valence-electron chi connectivity index (χ1n) is 5.38. The molecular formula is C13H7F3N2O. The highest BCUT2D eigenvalue weighted by atomic mass is 19.2. The first kappa shape index (κ1) is 11.6. The molecule has 96 valence electrons. The van der Waals surface area contributed by atoms with E-state index in [9.17, 15) is 13.2 Å². The van der Waals surface area contributed by atoms with Gasteiger partial charge < -0.3 is 10.1 Å². The number of aromatic nitrogens is 2. The second kappa shape index (κ2) is 4.01. The normalized spacial score (nSPS) is 11.1. The average molecular weight is 264 g/mol. The number of phenols is 1. The Kier molecular flexibility index (Phi) is 2.45. The quantitative estimate of drug-likeness (QED) is 0.708. The summed E-state index contributed by atoms with van der Waals surface area (Å²) in [5, 5.41) is 9.13. The lowest BCUT2D eigenvalue weighted by atomic mass is 10.2. The number of hydrogen-bond donors (Lipinski definition) is 2. The SMILES string of the molecule is Oc1ccc(-c2nc3cc(F)c(F)cc3[nH]2)c(F)c1. The van der Waals surface area contributed by atoms with Crippen molar-refractivity contribution in [1.82, 2.24) is 9.97 Å². The second-order valence-electron chi connectivity index (χ2n) is 4.03. The highest BCUT2D eigenvalue weighted by molar-refractivity contribution is 5.79. The Morgan fingerprint density at radius 1 is 0.947 bits per heavy atom. The highest BCUT2D eigenvalue weighted by Gasteiger charge is 2.13. The molecule has 0 saturated carbocycles. The maximum Gasteiger partial charge on any atom is 0.161 e. The molecule has 0 spiro atoms. The highest BCUT2D eigenvalue weighted by Crippen LogP contribution is 2.26. The Balaban J connectivity index is 2.20. The average Bonchev–Trinajstić information content (AvgIpc) is 2.72. The number of hydrogen-bond acceptors (Lipinski definition) is 2. The van der Waals surface area contributed by atoms with Gasteiger partial charge in [0.25, 0.3) is 0 Å². The molecule has 2 N–H and O–H groups in total. The van der Waals surface area contributed by atoms with Crippen LogP contribution in [0.15, 0.2) is 30.3 Å². The van der Waals surface area contributed by atoms with Crippen LogP contribution in [0.4, 0.5) is 13.2 Å². The predicted molar refractivity (Wildman–Crippen MR) is 63.1 cm³/mol. The van der Waals surface area contributed by atoms with Gasteiger partial charge in [0.1, 0.15) is 17.4 Å². The van der Waals surface area contributed by atoms with Crippen molar-refractivity contribution in [3.63, 3.8) is 0 Å². The van der Waals surface area contributed by atoms with Crippen LogP contribution in [-0.2, 0) is 0 Å². The van der Waals surface area contributed by atoms with Crippen LogP contribution in [0.25, 0.3) is 22.4 Å². The third-order valence-corrected chi connectivity index (χ3v) is 2.73. The van der Waals surface area contributed by atoms with Gasteiger partial charge in [0.2, 0.25) is 0 Å². The Labute approximate surface area is 105 Å². The minimum absolute atomic E-state index is 0.106. The summed E-state index contributed by atoms with van der Waals surface area (Å²) in [7, 11) is 0. The number of phenolic OH excluding ortho intramolecular Hbond substituents is 1. The summed E-state index contributed by atoms with van der Waals surface area (Å²) >= 11 is 0. The number of aromatic amines is 1. The van der Waals surface area contributed by atoms with Crippen molar-refractivity contribution in [3.05, 3.63) is 47.8 Å². The lowest BCUT2D eigenvalue weighted by Crippen LogP contribution is -1.85. The Morgan fingerprint density at radius 3 is 2.42 bits per heavy atom. The van der Waals surface area contributed by atoms with E-state index in [1.54, 1.807) is 0 Å². The summed E-state index contributed by atoms with van der Waals surface area (Å²) in [6, 6.07) is 5.45. The largest absolute Gasteiger partial charge is 0.508 e. The number of halogens is 3. The number of benzene rings is 2. The standard InChI is InChI=1S/C13H7F3N2O/c14-8-3-6(19)1-2-7(8)13-17-11-4-9(15)10(16)5-12(11)18-13/h1-5,19H,(H,17,18). The first-order chi connectivity index (χ1) is 9.04. The van der Waals surface area contributed by atoms with Crippen molar-refractivity contribution in [1.29, 1.82) is 0 Å². The Bertz CT molecular complexity index is 744. The van der Waals surface area contributed by atoms with Gasteiger partial charge in [-0.15, -0.1) is 0 Å². The lowest BCUT2D eigenvalue weighted by molar-refractivity contribution is 0.469. The zero-order valence-electron chi connectivity index (χ0n) is 9.42. The molecule has 0 aliphatic carbocycles. The molecule has 0 aliphatic heterocycles. The summed E-state index contributed by atoms with van der Waals surface area (Å²) in [6.07, 6.45) is 0. The molecule has 0 radical (unpaired) electrons. The molecule has 0 aliphatic rings. The minimum Gasteiger partial charge on any atom is -0.508 e. The van der Waals surface area contributed by atoms with E-state index in [1.807, 2.05) is 0 Å². The fourth-order valence-electron chi connectivity index (χ4n) is 1.83. The monoisotopic (exact) mass is 264 g/mol. The van der Waals surface area contributed by atoms with Crippen LogP contribution in [0.2, 0.25) is 0 Å². The van der Waals surface area contributed by atoms with Crippen molar-refractivity contribution in [2.45, 2.75) is 0 Å². The van der Waals surface area contributed by atoms with Gasteiger partial charge >= 0.3 is 0 Å². The number of nitrogens with zero attached hydrogens (tertiary/aromatic N) is 1. The molecule has 19 heavy (non-hydrogen) atoms. The van der Waals surface area contributed by atoms with Crippen LogP contribution in [-0.4, -0.2) is 15.1 Å². The molecule has 0 amide bonds. The second-order valence-corrected chi connectivity index (χ2v) is 4.03. The third-order valence-electron chi connectivity index (χ3n) is 2.73. The van der Waals surface area contributed by atoms with Crippen molar-refractivity contribution in [2.24, 2.45) is 0 Å². The summed E-state index contributed by atoms with van der Waals surface area (Å²) < 4.78 is 39.8. The van der Waals surface area contributed by atoms with Crippen molar-refractivity contribution >= 4 is 11.0 Å². The molecule has 3 rings (SSSR count). The number of fused-ring (bicyclic) bond motifs is 1. The van der Waals surface area contributed by atoms with Crippen LogP contribution >= 0.6 is 0 Å². The molecule has 6 heteroatoms. The van der Waals surface area contributed by atoms with Gasteiger partial charge in [-0.25, -0.2) is 18.2 Å². The van der Waals surface area contributed by atoms with Gasteiger partial charge in [0.15, 0.2) is 11.6 Å². The number of imidazole rings is 1. The van der Waals surface area contributed by atoms with Crippen LogP contribution in [0.5, 0.6) is 5.75 Å². The molecule has 0 unspecified atom stereocenters. The zero-order chi connectivity index (χ0) is 13.6. The molecular weight excluding hydrogens is 257 g/mol. The summed E-state index contributed by atoms with van der Waals surface area (Å²) in [4.78, 5) is 6.69. The number of aromatic hydroxyl groups is 1. The lowest BCUT2D eigenvalue weighted by Gasteiger charge is -1.99. The molecule has 3 aromatic rings. The van der Waals surface area contributed by atoms with Gasteiger partial charge in [-0.05, 0) is 12.1 Å². The third kappa shape index (κ3) is 1.91. The minimum atomic E-state index is -1.02. The van der Waals surface area contributed by atoms with Crippen molar-refractivity contribution < 1.29 is 18.3 Å².